The molecule has 1 aliphatic heterocycles. The summed E-state index contributed by atoms with van der Waals surface area (Å²) in [6.07, 6.45) is 2.55. The molecule has 3 amide bonds. The van der Waals surface area contributed by atoms with Gasteiger partial charge in [0, 0.05) is 10.4 Å². The number of hydrogen-bond acceptors (Lipinski definition) is 4. The molecule has 4 rings (SSSR count). The Hall–Kier alpha value is -2.34. The summed E-state index contributed by atoms with van der Waals surface area (Å²) < 4.78 is 5.22. The maximum atomic E-state index is 13.1. The Labute approximate surface area is 144 Å². The maximum absolute atomic E-state index is 13.1. The summed E-state index contributed by atoms with van der Waals surface area (Å²) >= 11 is 1.66. The van der Waals surface area contributed by atoms with Crippen LogP contribution in [0.3, 0.4) is 0 Å². The number of thiophene rings is 1. The number of aryl methyl sites for hydroxylation is 1. The van der Waals surface area contributed by atoms with Crippen molar-refractivity contribution in [3.05, 3.63) is 51.7 Å². The minimum Gasteiger partial charge on any atom is -0.497 e. The first kappa shape index (κ1) is 15.2. The van der Waals surface area contributed by atoms with Crippen molar-refractivity contribution in [3.63, 3.8) is 0 Å². The Morgan fingerprint density at radius 3 is 3.04 bits per heavy atom. The average Bonchev–Trinajstić information content (AvgIpc) is 3.16. The van der Waals surface area contributed by atoms with Crippen molar-refractivity contribution in [2.75, 3.05) is 7.11 Å². The molecule has 1 N–H and O–H groups in total. The lowest BCUT2D eigenvalue weighted by atomic mass is 9.80. The van der Waals surface area contributed by atoms with Gasteiger partial charge in [0.1, 0.15) is 11.3 Å². The van der Waals surface area contributed by atoms with E-state index in [1.807, 2.05) is 35.7 Å². The highest BCUT2D eigenvalue weighted by Gasteiger charge is 2.54. The second kappa shape index (κ2) is 5.63. The lowest BCUT2D eigenvalue weighted by Gasteiger charge is -2.31. The molecule has 1 atom stereocenters. The molecular weight excluding hydrogens is 324 g/mol. The SMILES string of the molecule is COc1cccc(CN2C(=O)N[C@@]3(CCCc4sccc43)C2=O)c1. The van der Waals surface area contributed by atoms with E-state index in [4.69, 9.17) is 4.74 Å². The molecule has 1 aromatic heterocycles. The number of fused-ring (bicyclic) bond motifs is 2. The summed E-state index contributed by atoms with van der Waals surface area (Å²) in [6.45, 7) is 0.253. The summed E-state index contributed by atoms with van der Waals surface area (Å²) in [6, 6.07) is 9.11. The van der Waals surface area contributed by atoms with Crippen LogP contribution in [0.4, 0.5) is 4.79 Å². The van der Waals surface area contributed by atoms with Crippen LogP contribution in [0.1, 0.15) is 28.8 Å². The van der Waals surface area contributed by atoms with Gasteiger partial charge < -0.3 is 10.1 Å². The van der Waals surface area contributed by atoms with Crippen molar-refractivity contribution in [2.24, 2.45) is 0 Å². The minimum atomic E-state index is -0.871. The van der Waals surface area contributed by atoms with E-state index in [1.54, 1.807) is 18.4 Å². The third kappa shape index (κ3) is 2.21. The number of nitrogens with zero attached hydrogens (tertiary/aromatic N) is 1. The van der Waals surface area contributed by atoms with Crippen molar-refractivity contribution in [1.29, 1.82) is 0 Å². The highest BCUT2D eigenvalue weighted by molar-refractivity contribution is 7.10. The fourth-order valence-electron chi connectivity index (χ4n) is 3.64. The standard InChI is InChI=1S/C18H18N2O3S/c1-23-13-5-2-4-12(10-13)11-20-16(21)18(19-17(20)22)8-3-6-15-14(18)7-9-24-15/h2,4-5,7,9-10H,3,6,8,11H2,1H3,(H,19,22)/t18-/m1/s1. The number of nitrogens with one attached hydrogen (secondary N) is 1. The first-order valence-corrected chi connectivity index (χ1v) is 8.86. The molecule has 1 fully saturated rings. The van der Waals surface area contributed by atoms with E-state index >= 15 is 0 Å². The average molecular weight is 342 g/mol. The van der Waals surface area contributed by atoms with E-state index in [0.29, 0.717) is 12.2 Å². The number of carbonyl (C=O) groups is 2. The van der Waals surface area contributed by atoms with Gasteiger partial charge in [-0.05, 0) is 48.4 Å². The summed E-state index contributed by atoms with van der Waals surface area (Å²) in [4.78, 5) is 28.2. The monoisotopic (exact) mass is 342 g/mol. The van der Waals surface area contributed by atoms with Crippen molar-refractivity contribution >= 4 is 23.3 Å². The fraction of sp³-hybridized carbons (Fsp3) is 0.333. The molecular formula is C18H18N2O3S. The number of benzene rings is 1. The molecule has 24 heavy (non-hydrogen) atoms. The van der Waals surface area contributed by atoms with Crippen LogP contribution >= 0.6 is 11.3 Å². The Bertz CT molecular complexity index is 816. The van der Waals surface area contributed by atoms with Gasteiger partial charge in [-0.25, -0.2) is 4.79 Å². The second-order valence-electron chi connectivity index (χ2n) is 6.19. The Balaban J connectivity index is 1.65. The zero-order valence-electron chi connectivity index (χ0n) is 13.4. The molecule has 1 aromatic carbocycles. The molecule has 0 bridgehead atoms. The van der Waals surface area contributed by atoms with Crippen molar-refractivity contribution in [1.82, 2.24) is 10.2 Å². The van der Waals surface area contributed by atoms with Crippen LogP contribution in [-0.4, -0.2) is 23.9 Å². The maximum Gasteiger partial charge on any atom is 0.325 e. The van der Waals surface area contributed by atoms with E-state index in [1.165, 1.54) is 9.78 Å². The second-order valence-corrected chi connectivity index (χ2v) is 7.19. The van der Waals surface area contributed by atoms with E-state index in [0.717, 1.165) is 24.0 Å². The van der Waals surface area contributed by atoms with Gasteiger partial charge in [0.05, 0.1) is 13.7 Å². The third-order valence-electron chi connectivity index (χ3n) is 4.81. The van der Waals surface area contributed by atoms with Crippen molar-refractivity contribution < 1.29 is 14.3 Å². The van der Waals surface area contributed by atoms with Gasteiger partial charge in [0.15, 0.2) is 0 Å². The summed E-state index contributed by atoms with van der Waals surface area (Å²) in [7, 11) is 1.60. The van der Waals surface area contributed by atoms with Gasteiger partial charge in [0.2, 0.25) is 0 Å². The molecule has 5 nitrogen and oxygen atoms in total. The topological polar surface area (TPSA) is 58.6 Å². The number of imide groups is 1. The van der Waals surface area contributed by atoms with E-state index in [-0.39, 0.29) is 18.5 Å². The van der Waals surface area contributed by atoms with Crippen LogP contribution in [0.25, 0.3) is 0 Å². The molecule has 2 aliphatic rings. The predicted molar refractivity (Wildman–Crippen MR) is 91.0 cm³/mol. The first-order valence-electron chi connectivity index (χ1n) is 7.98. The van der Waals surface area contributed by atoms with Gasteiger partial charge in [-0.1, -0.05) is 12.1 Å². The Morgan fingerprint density at radius 2 is 2.21 bits per heavy atom. The number of urea groups is 1. The molecule has 0 unspecified atom stereocenters. The van der Waals surface area contributed by atoms with Crippen LogP contribution in [0.2, 0.25) is 0 Å². The number of amides is 3. The Kier molecular flexibility index (Phi) is 3.57. The van der Waals surface area contributed by atoms with Gasteiger partial charge >= 0.3 is 6.03 Å². The quantitative estimate of drug-likeness (QED) is 0.872. The number of methoxy groups -OCH3 is 1. The van der Waals surface area contributed by atoms with Crippen LogP contribution in [0, 0.1) is 0 Å². The van der Waals surface area contributed by atoms with Gasteiger partial charge in [-0.15, -0.1) is 11.3 Å². The van der Waals surface area contributed by atoms with Gasteiger partial charge in [-0.3, -0.25) is 9.69 Å². The molecule has 2 aromatic rings. The largest absolute Gasteiger partial charge is 0.497 e. The number of carbonyl (C=O) groups excluding carboxylic acids is 2. The fourth-order valence-corrected chi connectivity index (χ4v) is 4.64. The molecule has 1 saturated heterocycles. The number of rotatable bonds is 3. The van der Waals surface area contributed by atoms with E-state index in [2.05, 4.69) is 5.32 Å². The smallest absolute Gasteiger partial charge is 0.325 e. The van der Waals surface area contributed by atoms with Crippen LogP contribution in [0.5, 0.6) is 5.75 Å². The highest BCUT2D eigenvalue weighted by Crippen LogP contribution is 2.42. The van der Waals surface area contributed by atoms with Crippen molar-refractivity contribution in [2.45, 2.75) is 31.3 Å². The normalized spacial score (nSPS) is 22.6. The third-order valence-corrected chi connectivity index (χ3v) is 5.79. The predicted octanol–water partition coefficient (Wildman–Crippen LogP) is 3.04. The van der Waals surface area contributed by atoms with Crippen LogP contribution in [-0.2, 0) is 23.3 Å². The molecule has 2 heterocycles. The highest BCUT2D eigenvalue weighted by atomic mass is 32.1. The molecule has 1 aliphatic carbocycles. The molecule has 1 spiro atoms. The zero-order valence-corrected chi connectivity index (χ0v) is 14.2. The summed E-state index contributed by atoms with van der Waals surface area (Å²) in [5.74, 6) is 0.571. The minimum absolute atomic E-state index is 0.144. The summed E-state index contributed by atoms with van der Waals surface area (Å²) in [5, 5.41) is 4.97. The van der Waals surface area contributed by atoms with Crippen LogP contribution in [0.15, 0.2) is 35.7 Å². The van der Waals surface area contributed by atoms with Crippen LogP contribution < -0.4 is 10.1 Å². The number of ether oxygens (including phenoxy) is 1. The lowest BCUT2D eigenvalue weighted by molar-refractivity contribution is -0.132. The zero-order chi connectivity index (χ0) is 16.7. The number of hydrogen-bond donors (Lipinski definition) is 1. The first-order chi connectivity index (χ1) is 11.6. The summed E-state index contributed by atoms with van der Waals surface area (Å²) in [5.41, 5.74) is 0.977. The van der Waals surface area contributed by atoms with Gasteiger partial charge in [0.25, 0.3) is 5.91 Å². The molecule has 0 saturated carbocycles. The molecule has 0 radical (unpaired) electrons. The van der Waals surface area contributed by atoms with Gasteiger partial charge in [-0.2, -0.15) is 0 Å². The molecule has 6 heteroatoms. The molecule has 124 valence electrons. The lowest BCUT2D eigenvalue weighted by Crippen LogP contribution is -2.46. The van der Waals surface area contributed by atoms with E-state index in [9.17, 15) is 9.59 Å². The van der Waals surface area contributed by atoms with E-state index < -0.39 is 5.54 Å². The Morgan fingerprint density at radius 1 is 1.33 bits per heavy atom. The van der Waals surface area contributed by atoms with Crippen molar-refractivity contribution in [3.8, 4) is 5.75 Å².